The molecule has 7 nitrogen and oxygen atoms in total. The number of amides is 1. The molecule has 2 aliphatic heterocycles. The molecule has 1 fully saturated rings. The van der Waals surface area contributed by atoms with Crippen LogP contribution >= 0.6 is 0 Å². The van der Waals surface area contributed by atoms with E-state index in [1.807, 2.05) is 7.05 Å². The number of carbonyl (C=O) groups excluding carboxylic acids is 1. The highest BCUT2D eigenvalue weighted by atomic mass is 32.2. The summed E-state index contributed by atoms with van der Waals surface area (Å²) < 4.78 is 38.8. The number of sulfonamides is 1. The first-order valence-electron chi connectivity index (χ1n) is 11.8. The third-order valence-electron chi connectivity index (χ3n) is 6.57. The number of nitrogens with zero attached hydrogens (tertiary/aromatic N) is 2. The van der Waals surface area contributed by atoms with Gasteiger partial charge in [0, 0.05) is 38.7 Å². The number of ether oxygens (including phenoxy) is 2. The van der Waals surface area contributed by atoms with Crippen LogP contribution in [0.5, 0.6) is 11.5 Å². The van der Waals surface area contributed by atoms with Crippen molar-refractivity contribution >= 4 is 15.9 Å². The van der Waals surface area contributed by atoms with Gasteiger partial charge in [-0.1, -0.05) is 45.0 Å². The zero-order chi connectivity index (χ0) is 24.5. The number of benzene rings is 2. The Kier molecular flexibility index (Phi) is 6.92. The maximum Gasteiger partial charge on any atom is 0.243 e. The standard InChI is InChI=1S/C26H34N2O5S/c1-26(2,3)21-7-5-19(6-8-21)18-27(4)25(29)20-11-13-28(14-12-20)34(30,31)22-9-10-23-24(17-22)33-16-15-32-23/h5-10,17,20H,11-16,18H2,1-4H3. The third kappa shape index (κ3) is 5.23. The molecule has 34 heavy (non-hydrogen) atoms. The van der Waals surface area contributed by atoms with Gasteiger partial charge in [-0.05, 0) is 41.5 Å². The second-order valence-corrected chi connectivity index (χ2v) is 12.1. The van der Waals surface area contributed by atoms with E-state index < -0.39 is 10.0 Å². The zero-order valence-corrected chi connectivity index (χ0v) is 21.2. The molecule has 0 atom stereocenters. The monoisotopic (exact) mass is 486 g/mol. The van der Waals surface area contributed by atoms with Crippen LogP contribution in [0.4, 0.5) is 0 Å². The number of fused-ring (bicyclic) bond motifs is 1. The maximum absolute atomic E-state index is 13.2. The lowest BCUT2D eigenvalue weighted by atomic mass is 9.86. The number of piperidine rings is 1. The third-order valence-corrected chi connectivity index (χ3v) is 8.47. The van der Waals surface area contributed by atoms with Gasteiger partial charge in [0.05, 0.1) is 4.90 Å². The van der Waals surface area contributed by atoms with Crippen molar-refractivity contribution in [3.8, 4) is 11.5 Å². The molecule has 8 heteroatoms. The van der Waals surface area contributed by atoms with E-state index in [2.05, 4.69) is 45.0 Å². The molecule has 4 rings (SSSR count). The normalized spacial score (nSPS) is 17.4. The summed E-state index contributed by atoms with van der Waals surface area (Å²) in [6.07, 6.45) is 1.02. The van der Waals surface area contributed by atoms with Crippen LogP contribution in [0.1, 0.15) is 44.7 Å². The smallest absolute Gasteiger partial charge is 0.243 e. The van der Waals surface area contributed by atoms with Crippen molar-refractivity contribution in [1.29, 1.82) is 0 Å². The van der Waals surface area contributed by atoms with Crippen LogP contribution in [-0.4, -0.2) is 56.9 Å². The van der Waals surface area contributed by atoms with Crippen LogP contribution in [0.25, 0.3) is 0 Å². The summed E-state index contributed by atoms with van der Waals surface area (Å²) >= 11 is 0. The number of hydrogen-bond donors (Lipinski definition) is 0. The van der Waals surface area contributed by atoms with Gasteiger partial charge in [-0.25, -0.2) is 8.42 Å². The molecule has 0 radical (unpaired) electrons. The highest BCUT2D eigenvalue weighted by molar-refractivity contribution is 7.89. The lowest BCUT2D eigenvalue weighted by Crippen LogP contribution is -2.43. The van der Waals surface area contributed by atoms with E-state index in [1.54, 1.807) is 17.0 Å². The molecule has 2 aliphatic rings. The Morgan fingerprint density at radius 3 is 2.24 bits per heavy atom. The maximum atomic E-state index is 13.2. The van der Waals surface area contributed by atoms with E-state index in [0.29, 0.717) is 57.2 Å². The summed E-state index contributed by atoms with van der Waals surface area (Å²) in [6, 6.07) is 13.1. The van der Waals surface area contributed by atoms with Crippen LogP contribution in [-0.2, 0) is 26.8 Å². The molecule has 0 N–H and O–H groups in total. The molecule has 0 unspecified atom stereocenters. The summed E-state index contributed by atoms with van der Waals surface area (Å²) in [7, 11) is -1.84. The quantitative estimate of drug-likeness (QED) is 0.642. The predicted molar refractivity (Wildman–Crippen MR) is 131 cm³/mol. The van der Waals surface area contributed by atoms with Gasteiger partial charge < -0.3 is 14.4 Å². The minimum atomic E-state index is -3.66. The van der Waals surface area contributed by atoms with Gasteiger partial charge in [0.15, 0.2) is 11.5 Å². The molecule has 0 saturated carbocycles. The lowest BCUT2D eigenvalue weighted by molar-refractivity contribution is -0.135. The Balaban J connectivity index is 1.35. The summed E-state index contributed by atoms with van der Waals surface area (Å²) in [5.74, 6) is 0.905. The van der Waals surface area contributed by atoms with E-state index in [9.17, 15) is 13.2 Å². The minimum absolute atomic E-state index is 0.0660. The number of rotatable bonds is 5. The van der Waals surface area contributed by atoms with Crippen molar-refractivity contribution in [2.75, 3.05) is 33.4 Å². The average molecular weight is 487 g/mol. The van der Waals surface area contributed by atoms with Crippen LogP contribution < -0.4 is 9.47 Å². The van der Waals surface area contributed by atoms with Crippen LogP contribution in [0, 0.1) is 5.92 Å². The first kappa shape index (κ1) is 24.5. The molecule has 1 saturated heterocycles. The van der Waals surface area contributed by atoms with Crippen molar-refractivity contribution < 1.29 is 22.7 Å². The fourth-order valence-corrected chi connectivity index (χ4v) is 5.94. The molecule has 2 aromatic carbocycles. The molecule has 2 heterocycles. The summed E-state index contributed by atoms with van der Waals surface area (Å²) in [5, 5.41) is 0. The first-order valence-corrected chi connectivity index (χ1v) is 13.2. The fourth-order valence-electron chi connectivity index (χ4n) is 4.45. The SMILES string of the molecule is CN(Cc1ccc(C(C)(C)C)cc1)C(=O)C1CCN(S(=O)(=O)c2ccc3c(c2)OCCO3)CC1. The molecule has 0 aromatic heterocycles. The number of hydrogen-bond acceptors (Lipinski definition) is 5. The Hall–Kier alpha value is -2.58. The lowest BCUT2D eigenvalue weighted by Gasteiger charge is -2.32. The predicted octanol–water partition coefficient (Wildman–Crippen LogP) is 3.81. The Bertz CT molecular complexity index is 1130. The minimum Gasteiger partial charge on any atom is -0.486 e. The largest absolute Gasteiger partial charge is 0.486 e. The molecular weight excluding hydrogens is 452 g/mol. The molecule has 184 valence electrons. The Morgan fingerprint density at radius 1 is 1.00 bits per heavy atom. The van der Waals surface area contributed by atoms with E-state index >= 15 is 0 Å². The van der Waals surface area contributed by atoms with Gasteiger partial charge in [-0.2, -0.15) is 4.31 Å². The zero-order valence-electron chi connectivity index (χ0n) is 20.4. The van der Waals surface area contributed by atoms with E-state index in [0.717, 1.165) is 5.56 Å². The second kappa shape index (κ2) is 9.58. The fraction of sp³-hybridized carbons (Fsp3) is 0.500. The first-order chi connectivity index (χ1) is 16.1. The van der Waals surface area contributed by atoms with Gasteiger partial charge in [0.1, 0.15) is 13.2 Å². The molecule has 2 aromatic rings. The second-order valence-electron chi connectivity index (χ2n) is 10.1. The Morgan fingerprint density at radius 2 is 1.62 bits per heavy atom. The van der Waals surface area contributed by atoms with Gasteiger partial charge in [0.25, 0.3) is 0 Å². The van der Waals surface area contributed by atoms with Crippen LogP contribution in [0.3, 0.4) is 0 Å². The summed E-state index contributed by atoms with van der Waals surface area (Å²) in [4.78, 5) is 15.0. The van der Waals surface area contributed by atoms with Gasteiger partial charge in [0.2, 0.25) is 15.9 Å². The highest BCUT2D eigenvalue weighted by Crippen LogP contribution is 2.34. The summed E-state index contributed by atoms with van der Waals surface area (Å²) in [6.45, 7) is 8.57. The van der Waals surface area contributed by atoms with Crippen molar-refractivity contribution in [3.05, 3.63) is 53.6 Å². The topological polar surface area (TPSA) is 76.2 Å². The van der Waals surface area contributed by atoms with Gasteiger partial charge in [-0.15, -0.1) is 0 Å². The molecule has 1 amide bonds. The molecule has 0 aliphatic carbocycles. The van der Waals surface area contributed by atoms with Gasteiger partial charge in [-0.3, -0.25) is 4.79 Å². The van der Waals surface area contributed by atoms with Crippen molar-refractivity contribution in [1.82, 2.24) is 9.21 Å². The van der Waals surface area contributed by atoms with E-state index in [4.69, 9.17) is 9.47 Å². The molecular formula is C26H34N2O5S. The molecule has 0 spiro atoms. The highest BCUT2D eigenvalue weighted by Gasteiger charge is 2.34. The number of carbonyl (C=O) groups is 1. The van der Waals surface area contributed by atoms with Crippen molar-refractivity contribution in [2.24, 2.45) is 5.92 Å². The van der Waals surface area contributed by atoms with Crippen molar-refractivity contribution in [2.45, 2.75) is 50.5 Å². The average Bonchev–Trinajstić information content (AvgIpc) is 2.83. The van der Waals surface area contributed by atoms with Gasteiger partial charge >= 0.3 is 0 Å². The van der Waals surface area contributed by atoms with Crippen molar-refractivity contribution in [3.63, 3.8) is 0 Å². The van der Waals surface area contributed by atoms with Crippen LogP contribution in [0.2, 0.25) is 0 Å². The van der Waals surface area contributed by atoms with E-state index in [-0.39, 0.29) is 22.1 Å². The Labute approximate surface area is 202 Å². The van der Waals surface area contributed by atoms with Crippen LogP contribution in [0.15, 0.2) is 47.4 Å². The summed E-state index contributed by atoms with van der Waals surface area (Å²) in [5.41, 5.74) is 2.44. The van der Waals surface area contributed by atoms with E-state index in [1.165, 1.54) is 15.9 Å². The molecule has 0 bridgehead atoms.